The molecule has 1 rings (SSSR count). The Morgan fingerprint density at radius 2 is 1.56 bits per heavy atom. The van der Waals surface area contributed by atoms with Crippen molar-refractivity contribution in [2.24, 2.45) is 5.41 Å². The van der Waals surface area contributed by atoms with Crippen LogP contribution >= 0.6 is 0 Å². The molecule has 5 nitrogen and oxygen atoms in total. The molecule has 0 spiro atoms. The Labute approximate surface area is 149 Å². The monoisotopic (exact) mass is 348 g/mol. The van der Waals surface area contributed by atoms with Gasteiger partial charge in [0.25, 0.3) is 0 Å². The first-order valence-electron chi connectivity index (χ1n) is 8.32. The quantitative estimate of drug-likeness (QED) is 0.582. The molecule has 0 heterocycles. The third kappa shape index (κ3) is 5.41. The first kappa shape index (κ1) is 20.9. The number of methoxy groups -OCH3 is 1. The summed E-state index contributed by atoms with van der Waals surface area (Å²) < 4.78 is 10.2. The molecule has 1 aromatic carbocycles. The molecule has 2 unspecified atom stereocenters. The van der Waals surface area contributed by atoms with E-state index in [1.807, 2.05) is 24.3 Å². The second-order valence-corrected chi connectivity index (χ2v) is 7.55. The smallest absolute Gasteiger partial charge is 0.320 e. The normalized spacial score (nSPS) is 15.0. The van der Waals surface area contributed by atoms with Gasteiger partial charge >= 0.3 is 11.9 Å². The SMILES string of the molecule is COC(=O)C(C)c1ccc(CC(C)(C(C)=O)C(=O)OC(C)(C)C)cc1. The van der Waals surface area contributed by atoms with Crippen LogP contribution in [0.5, 0.6) is 0 Å². The van der Waals surface area contributed by atoms with Crippen molar-refractivity contribution in [3.63, 3.8) is 0 Å². The Hall–Kier alpha value is -2.17. The van der Waals surface area contributed by atoms with Crippen LogP contribution in [0.25, 0.3) is 0 Å². The van der Waals surface area contributed by atoms with Gasteiger partial charge in [-0.1, -0.05) is 24.3 Å². The highest BCUT2D eigenvalue weighted by Gasteiger charge is 2.41. The van der Waals surface area contributed by atoms with Crippen molar-refractivity contribution in [1.82, 2.24) is 0 Å². The van der Waals surface area contributed by atoms with E-state index in [0.717, 1.165) is 11.1 Å². The van der Waals surface area contributed by atoms with Gasteiger partial charge in [0.2, 0.25) is 0 Å². The molecular weight excluding hydrogens is 320 g/mol. The first-order valence-corrected chi connectivity index (χ1v) is 8.32. The molecule has 0 saturated heterocycles. The molecule has 0 radical (unpaired) electrons. The standard InChI is InChI=1S/C20H28O5/c1-13(17(22)24-7)16-10-8-15(9-11-16)12-20(6,14(2)21)18(23)25-19(3,4)5/h8-11,13H,12H2,1-7H3. The van der Waals surface area contributed by atoms with Crippen LogP contribution < -0.4 is 0 Å². The third-order valence-corrected chi connectivity index (χ3v) is 4.22. The number of hydrogen-bond acceptors (Lipinski definition) is 5. The fourth-order valence-electron chi connectivity index (χ4n) is 2.38. The summed E-state index contributed by atoms with van der Waals surface area (Å²) in [7, 11) is 1.35. The number of benzene rings is 1. The number of Topliss-reactive ketones (excluding diaryl/α,β-unsaturated/α-hetero) is 1. The van der Waals surface area contributed by atoms with Gasteiger partial charge in [0.1, 0.15) is 16.8 Å². The largest absolute Gasteiger partial charge is 0.469 e. The highest BCUT2D eigenvalue weighted by Crippen LogP contribution is 2.29. The topological polar surface area (TPSA) is 69.7 Å². The van der Waals surface area contributed by atoms with E-state index in [4.69, 9.17) is 9.47 Å². The predicted octanol–water partition coefficient (Wildman–Crippen LogP) is 3.44. The fraction of sp³-hybridized carbons (Fsp3) is 0.550. The van der Waals surface area contributed by atoms with Crippen LogP contribution in [0.4, 0.5) is 0 Å². The van der Waals surface area contributed by atoms with E-state index < -0.39 is 17.0 Å². The summed E-state index contributed by atoms with van der Waals surface area (Å²) >= 11 is 0. The number of ether oxygens (including phenoxy) is 2. The number of esters is 2. The lowest BCUT2D eigenvalue weighted by Crippen LogP contribution is -2.42. The van der Waals surface area contributed by atoms with Gasteiger partial charge in [0, 0.05) is 0 Å². The Balaban J connectivity index is 3.01. The van der Waals surface area contributed by atoms with Gasteiger partial charge in [-0.25, -0.2) is 0 Å². The lowest BCUT2D eigenvalue weighted by molar-refractivity contribution is -0.169. The van der Waals surface area contributed by atoms with Crippen LogP contribution in [0.2, 0.25) is 0 Å². The zero-order valence-corrected chi connectivity index (χ0v) is 16.1. The minimum absolute atomic E-state index is 0.240. The molecule has 0 aliphatic rings. The van der Waals surface area contributed by atoms with Crippen molar-refractivity contribution >= 4 is 17.7 Å². The molecule has 0 amide bonds. The molecular formula is C20H28O5. The van der Waals surface area contributed by atoms with E-state index in [2.05, 4.69) is 0 Å². The minimum Gasteiger partial charge on any atom is -0.469 e. The van der Waals surface area contributed by atoms with E-state index >= 15 is 0 Å². The lowest BCUT2D eigenvalue weighted by Gasteiger charge is -2.29. The average molecular weight is 348 g/mol. The fourth-order valence-corrected chi connectivity index (χ4v) is 2.38. The second-order valence-electron chi connectivity index (χ2n) is 7.55. The minimum atomic E-state index is -1.25. The van der Waals surface area contributed by atoms with E-state index in [1.54, 1.807) is 34.6 Å². The summed E-state index contributed by atoms with van der Waals surface area (Å²) in [5, 5.41) is 0. The third-order valence-electron chi connectivity index (χ3n) is 4.22. The Morgan fingerprint density at radius 1 is 1.04 bits per heavy atom. The maximum atomic E-state index is 12.5. The van der Waals surface area contributed by atoms with Gasteiger partial charge in [-0.15, -0.1) is 0 Å². The molecule has 0 saturated carbocycles. The zero-order valence-electron chi connectivity index (χ0n) is 16.1. The molecule has 0 N–H and O–H groups in total. The van der Waals surface area contributed by atoms with Gasteiger partial charge in [0.05, 0.1) is 13.0 Å². The molecule has 0 aliphatic heterocycles. The maximum absolute atomic E-state index is 12.5. The summed E-state index contributed by atoms with van der Waals surface area (Å²) in [6.45, 7) is 10.1. The molecule has 0 fully saturated rings. The van der Waals surface area contributed by atoms with E-state index in [0.29, 0.717) is 0 Å². The van der Waals surface area contributed by atoms with Gasteiger partial charge in [-0.3, -0.25) is 14.4 Å². The van der Waals surface area contributed by atoms with Crippen molar-refractivity contribution in [2.45, 2.75) is 59.5 Å². The molecule has 0 aromatic heterocycles. The molecule has 1 aromatic rings. The number of hydrogen-bond donors (Lipinski definition) is 0. The molecule has 25 heavy (non-hydrogen) atoms. The van der Waals surface area contributed by atoms with Crippen molar-refractivity contribution in [3.05, 3.63) is 35.4 Å². The van der Waals surface area contributed by atoms with Crippen molar-refractivity contribution in [1.29, 1.82) is 0 Å². The second kappa shape index (κ2) is 7.81. The molecule has 0 aliphatic carbocycles. The predicted molar refractivity (Wildman–Crippen MR) is 95.2 cm³/mol. The zero-order chi connectivity index (χ0) is 19.4. The number of carbonyl (C=O) groups is 3. The first-order chi connectivity index (χ1) is 11.4. The van der Waals surface area contributed by atoms with E-state index in [1.165, 1.54) is 14.0 Å². The van der Waals surface area contributed by atoms with Gasteiger partial charge in [-0.05, 0) is 59.1 Å². The average Bonchev–Trinajstić information content (AvgIpc) is 2.52. The maximum Gasteiger partial charge on any atom is 0.320 e. The highest BCUT2D eigenvalue weighted by molar-refractivity contribution is 6.02. The number of ketones is 1. The molecule has 0 bridgehead atoms. The van der Waals surface area contributed by atoms with Crippen molar-refractivity contribution in [2.75, 3.05) is 7.11 Å². The van der Waals surface area contributed by atoms with Crippen LogP contribution in [0.15, 0.2) is 24.3 Å². The Kier molecular flexibility index (Phi) is 6.52. The van der Waals surface area contributed by atoms with Crippen LogP contribution in [-0.4, -0.2) is 30.4 Å². The number of carbonyl (C=O) groups excluding carboxylic acids is 3. The number of rotatable bonds is 6. The Bertz CT molecular complexity index is 639. The summed E-state index contributed by atoms with van der Waals surface area (Å²) in [6.07, 6.45) is 0.240. The summed E-state index contributed by atoms with van der Waals surface area (Å²) in [6, 6.07) is 7.26. The van der Waals surface area contributed by atoms with Gasteiger partial charge in [0.15, 0.2) is 0 Å². The molecule has 2 atom stereocenters. The summed E-state index contributed by atoms with van der Waals surface area (Å²) in [4.78, 5) is 36.3. The van der Waals surface area contributed by atoms with E-state index in [-0.39, 0.29) is 24.1 Å². The van der Waals surface area contributed by atoms with Crippen LogP contribution in [0.1, 0.15) is 58.6 Å². The van der Waals surface area contributed by atoms with Crippen molar-refractivity contribution in [3.8, 4) is 0 Å². The van der Waals surface area contributed by atoms with E-state index in [9.17, 15) is 14.4 Å². The van der Waals surface area contributed by atoms with Crippen molar-refractivity contribution < 1.29 is 23.9 Å². The van der Waals surface area contributed by atoms with Gasteiger partial charge in [-0.2, -0.15) is 0 Å². The highest BCUT2D eigenvalue weighted by atomic mass is 16.6. The Morgan fingerprint density at radius 3 is 1.96 bits per heavy atom. The van der Waals surface area contributed by atoms with Crippen LogP contribution in [0.3, 0.4) is 0 Å². The molecule has 5 heteroatoms. The molecule has 138 valence electrons. The van der Waals surface area contributed by atoms with Gasteiger partial charge < -0.3 is 9.47 Å². The van der Waals surface area contributed by atoms with Crippen LogP contribution in [0, 0.1) is 5.41 Å². The summed E-state index contributed by atoms with van der Waals surface area (Å²) in [5.74, 6) is -1.45. The van der Waals surface area contributed by atoms with Crippen LogP contribution in [-0.2, 0) is 30.3 Å². The summed E-state index contributed by atoms with van der Waals surface area (Å²) in [5.41, 5.74) is -0.266. The lowest BCUT2D eigenvalue weighted by atomic mass is 9.79.